The first-order valence-electron chi connectivity index (χ1n) is 11.0. The van der Waals surface area contributed by atoms with Crippen LogP contribution in [0, 0.1) is 27.7 Å². The minimum atomic E-state index is -0.880. The lowest BCUT2D eigenvalue weighted by Crippen LogP contribution is -2.32. The van der Waals surface area contributed by atoms with Gasteiger partial charge in [0, 0.05) is 11.4 Å². The fourth-order valence-electron chi connectivity index (χ4n) is 3.16. The molecule has 8 nitrogen and oxygen atoms in total. The highest BCUT2D eigenvalue weighted by atomic mass is 16.5. The van der Waals surface area contributed by atoms with Crippen molar-refractivity contribution in [1.29, 1.82) is 0 Å². The second kappa shape index (κ2) is 11.6. The van der Waals surface area contributed by atoms with Crippen molar-refractivity contribution in [3.63, 3.8) is 0 Å². The van der Waals surface area contributed by atoms with E-state index in [1.165, 1.54) is 6.21 Å². The van der Waals surface area contributed by atoms with Crippen molar-refractivity contribution >= 4 is 35.3 Å². The molecule has 0 aliphatic heterocycles. The van der Waals surface area contributed by atoms with Gasteiger partial charge in [0.2, 0.25) is 0 Å². The van der Waals surface area contributed by atoms with Crippen LogP contribution < -0.4 is 20.8 Å². The highest BCUT2D eigenvalue weighted by Crippen LogP contribution is 2.17. The number of carbonyl (C=O) groups excluding carboxylic acids is 3. The van der Waals surface area contributed by atoms with Gasteiger partial charge in [-0.2, -0.15) is 5.10 Å². The Morgan fingerprint density at radius 1 is 0.800 bits per heavy atom. The number of amides is 3. The van der Waals surface area contributed by atoms with Crippen LogP contribution in [0.1, 0.15) is 27.8 Å². The van der Waals surface area contributed by atoms with Crippen LogP contribution in [0.15, 0.2) is 65.8 Å². The first-order chi connectivity index (χ1) is 16.7. The second-order valence-corrected chi connectivity index (χ2v) is 8.18. The van der Waals surface area contributed by atoms with Crippen LogP contribution in [0.5, 0.6) is 5.75 Å². The fourth-order valence-corrected chi connectivity index (χ4v) is 3.16. The van der Waals surface area contributed by atoms with Crippen LogP contribution in [0.2, 0.25) is 0 Å². The number of ether oxygens (including phenoxy) is 1. The molecular formula is C27H28N4O4. The average Bonchev–Trinajstić information content (AvgIpc) is 2.82. The summed E-state index contributed by atoms with van der Waals surface area (Å²) < 4.78 is 5.53. The lowest BCUT2D eigenvalue weighted by atomic mass is 10.1. The summed E-state index contributed by atoms with van der Waals surface area (Å²) in [6, 6.07) is 18.0. The van der Waals surface area contributed by atoms with Crippen LogP contribution in [0.25, 0.3) is 0 Å². The molecule has 0 saturated carbocycles. The summed E-state index contributed by atoms with van der Waals surface area (Å²) in [7, 11) is 0. The third-order valence-electron chi connectivity index (χ3n) is 5.26. The number of nitrogens with one attached hydrogen (secondary N) is 3. The fraction of sp³-hybridized carbons (Fsp3) is 0.185. The molecule has 0 fully saturated rings. The SMILES string of the molecule is Cc1ccc(NC(=O)COc2ccc(/C=N\NC(=O)C(=O)Nc3ccc(C)c(C)c3)cc2)c(C)c1. The van der Waals surface area contributed by atoms with Crippen molar-refractivity contribution < 1.29 is 19.1 Å². The number of benzene rings is 3. The molecule has 0 spiro atoms. The van der Waals surface area contributed by atoms with E-state index in [-0.39, 0.29) is 12.5 Å². The Kier molecular flexibility index (Phi) is 8.34. The number of carbonyl (C=O) groups is 3. The Labute approximate surface area is 204 Å². The largest absolute Gasteiger partial charge is 0.484 e. The monoisotopic (exact) mass is 472 g/mol. The van der Waals surface area contributed by atoms with Gasteiger partial charge >= 0.3 is 11.8 Å². The van der Waals surface area contributed by atoms with Crippen molar-refractivity contribution in [2.75, 3.05) is 17.2 Å². The quantitative estimate of drug-likeness (QED) is 0.274. The lowest BCUT2D eigenvalue weighted by Gasteiger charge is -2.10. The van der Waals surface area contributed by atoms with Gasteiger partial charge in [-0.3, -0.25) is 14.4 Å². The summed E-state index contributed by atoms with van der Waals surface area (Å²) in [5.41, 5.74) is 8.37. The number of hydrogen-bond donors (Lipinski definition) is 3. The van der Waals surface area contributed by atoms with E-state index < -0.39 is 11.8 Å². The van der Waals surface area contributed by atoms with Crippen molar-refractivity contribution in [3.05, 3.63) is 88.5 Å². The van der Waals surface area contributed by atoms with E-state index in [0.29, 0.717) is 17.0 Å². The van der Waals surface area contributed by atoms with E-state index >= 15 is 0 Å². The molecule has 180 valence electrons. The zero-order chi connectivity index (χ0) is 25.4. The topological polar surface area (TPSA) is 109 Å². The molecule has 3 aromatic carbocycles. The van der Waals surface area contributed by atoms with Gasteiger partial charge in [0.15, 0.2) is 6.61 Å². The molecule has 0 aliphatic carbocycles. The van der Waals surface area contributed by atoms with Crippen molar-refractivity contribution in [1.82, 2.24) is 5.43 Å². The number of nitrogens with zero attached hydrogens (tertiary/aromatic N) is 1. The maximum Gasteiger partial charge on any atom is 0.329 e. The molecule has 0 aliphatic rings. The predicted molar refractivity (Wildman–Crippen MR) is 137 cm³/mol. The van der Waals surface area contributed by atoms with Crippen LogP contribution in [-0.2, 0) is 14.4 Å². The second-order valence-electron chi connectivity index (χ2n) is 8.18. The molecule has 0 saturated heterocycles. The smallest absolute Gasteiger partial charge is 0.329 e. The van der Waals surface area contributed by atoms with Crippen molar-refractivity contribution in [3.8, 4) is 5.75 Å². The zero-order valence-electron chi connectivity index (χ0n) is 20.1. The summed E-state index contributed by atoms with van der Waals surface area (Å²) in [5.74, 6) is -1.44. The van der Waals surface area contributed by atoms with Gasteiger partial charge in [0.05, 0.1) is 6.21 Å². The van der Waals surface area contributed by atoms with E-state index in [0.717, 1.165) is 27.9 Å². The molecule has 3 amide bonds. The molecule has 8 heteroatoms. The molecule has 0 unspecified atom stereocenters. The van der Waals surface area contributed by atoms with Gasteiger partial charge in [-0.15, -0.1) is 0 Å². The van der Waals surface area contributed by atoms with Gasteiger partial charge < -0.3 is 15.4 Å². The van der Waals surface area contributed by atoms with Crippen LogP contribution in [0.3, 0.4) is 0 Å². The van der Waals surface area contributed by atoms with Crippen LogP contribution in [-0.4, -0.2) is 30.5 Å². The minimum absolute atomic E-state index is 0.133. The Bertz CT molecular complexity index is 1270. The molecule has 0 atom stereocenters. The normalized spacial score (nSPS) is 10.6. The number of anilines is 2. The lowest BCUT2D eigenvalue weighted by molar-refractivity contribution is -0.136. The Balaban J connectivity index is 1.44. The van der Waals surface area contributed by atoms with E-state index in [1.807, 2.05) is 52.0 Å². The summed E-state index contributed by atoms with van der Waals surface area (Å²) >= 11 is 0. The van der Waals surface area contributed by atoms with Crippen LogP contribution in [0.4, 0.5) is 11.4 Å². The zero-order valence-corrected chi connectivity index (χ0v) is 20.1. The summed E-state index contributed by atoms with van der Waals surface area (Å²) in [6.45, 7) is 7.68. The molecule has 0 radical (unpaired) electrons. The summed E-state index contributed by atoms with van der Waals surface area (Å²) in [6.07, 6.45) is 1.40. The van der Waals surface area contributed by atoms with Crippen molar-refractivity contribution in [2.24, 2.45) is 5.10 Å². The van der Waals surface area contributed by atoms with Gasteiger partial charge in [-0.25, -0.2) is 5.43 Å². The first-order valence-corrected chi connectivity index (χ1v) is 11.0. The molecule has 0 bridgehead atoms. The molecule has 3 aromatic rings. The van der Waals surface area contributed by atoms with E-state index in [4.69, 9.17) is 4.74 Å². The predicted octanol–water partition coefficient (Wildman–Crippen LogP) is 4.03. The summed E-state index contributed by atoms with van der Waals surface area (Å²) in [5, 5.41) is 9.18. The molecule has 35 heavy (non-hydrogen) atoms. The summed E-state index contributed by atoms with van der Waals surface area (Å²) in [4.78, 5) is 36.2. The number of aryl methyl sites for hydroxylation is 4. The first kappa shape index (κ1) is 25.2. The Morgan fingerprint density at radius 2 is 1.54 bits per heavy atom. The van der Waals surface area contributed by atoms with Gasteiger partial charge in [0.25, 0.3) is 5.91 Å². The average molecular weight is 473 g/mol. The maximum absolute atomic E-state index is 12.2. The number of hydrogen-bond acceptors (Lipinski definition) is 5. The molecular weight excluding hydrogens is 444 g/mol. The molecule has 0 aromatic heterocycles. The van der Waals surface area contributed by atoms with Gasteiger partial charge in [0.1, 0.15) is 5.75 Å². The van der Waals surface area contributed by atoms with Crippen LogP contribution >= 0.6 is 0 Å². The third kappa shape index (κ3) is 7.53. The Morgan fingerprint density at radius 3 is 2.23 bits per heavy atom. The highest BCUT2D eigenvalue weighted by Gasteiger charge is 2.13. The van der Waals surface area contributed by atoms with E-state index in [9.17, 15) is 14.4 Å². The third-order valence-corrected chi connectivity index (χ3v) is 5.26. The highest BCUT2D eigenvalue weighted by molar-refractivity contribution is 6.39. The van der Waals surface area contributed by atoms with Crippen molar-refractivity contribution in [2.45, 2.75) is 27.7 Å². The minimum Gasteiger partial charge on any atom is -0.484 e. The van der Waals surface area contributed by atoms with E-state index in [1.54, 1.807) is 36.4 Å². The Hall–Kier alpha value is -4.46. The number of rotatable bonds is 7. The number of hydrazone groups is 1. The molecule has 3 N–H and O–H groups in total. The van der Waals surface area contributed by atoms with E-state index in [2.05, 4.69) is 21.2 Å². The van der Waals surface area contributed by atoms with Gasteiger partial charge in [-0.05, 0) is 92.4 Å². The van der Waals surface area contributed by atoms with Gasteiger partial charge in [-0.1, -0.05) is 23.8 Å². The molecule has 3 rings (SSSR count). The molecule has 0 heterocycles. The standard InChI is InChI=1S/C27H28N4O4/c1-17-5-12-24(20(4)13-17)30-25(32)16-35-23-10-7-21(8-11-23)15-28-31-27(34)26(33)29-22-9-6-18(2)19(3)14-22/h5-15H,16H2,1-4H3,(H,29,33)(H,30,32)(H,31,34)/b28-15-. The maximum atomic E-state index is 12.2.